The Morgan fingerprint density at radius 3 is 2.17 bits per heavy atom. The molecule has 0 amide bonds. The van der Waals surface area contributed by atoms with Crippen LogP contribution in [0.4, 0.5) is 0 Å². The van der Waals surface area contributed by atoms with Crippen LogP contribution in [0.15, 0.2) is 42.5 Å². The Morgan fingerprint density at radius 1 is 1.00 bits per heavy atom. The van der Waals surface area contributed by atoms with E-state index < -0.39 is 0 Å². The molecule has 2 rings (SSSR count). The zero-order valence-corrected chi connectivity index (χ0v) is 11.5. The smallest absolute Gasteiger partial charge is 0.0710 e. The van der Waals surface area contributed by atoms with Gasteiger partial charge >= 0.3 is 0 Å². The van der Waals surface area contributed by atoms with E-state index in [2.05, 4.69) is 5.43 Å². The lowest BCUT2D eigenvalue weighted by Gasteiger charge is -2.17. The fourth-order valence-corrected chi connectivity index (χ4v) is 2.14. The van der Waals surface area contributed by atoms with Crippen molar-refractivity contribution >= 4 is 23.2 Å². The van der Waals surface area contributed by atoms with E-state index >= 15 is 0 Å². The van der Waals surface area contributed by atoms with Gasteiger partial charge in [0.15, 0.2) is 0 Å². The average Bonchev–Trinajstić information content (AvgIpc) is 2.37. The van der Waals surface area contributed by atoms with E-state index in [1.54, 1.807) is 0 Å². The fraction of sp³-hybridized carbons (Fsp3) is 0.143. The van der Waals surface area contributed by atoms with Gasteiger partial charge in [-0.3, -0.25) is 5.84 Å². The fourth-order valence-electron chi connectivity index (χ4n) is 1.83. The van der Waals surface area contributed by atoms with Crippen LogP contribution in [0.3, 0.4) is 0 Å². The summed E-state index contributed by atoms with van der Waals surface area (Å²) < 4.78 is 0. The normalized spacial score (nSPS) is 12.4. The molecule has 0 spiro atoms. The number of benzene rings is 2. The van der Waals surface area contributed by atoms with Crippen LogP contribution >= 0.6 is 23.2 Å². The van der Waals surface area contributed by atoms with E-state index in [1.165, 1.54) is 0 Å². The SMILES string of the molecule is Cc1ccc(C(NN)c2ccc(Cl)cc2)cc1Cl. The molecule has 0 radical (unpaired) electrons. The predicted molar refractivity (Wildman–Crippen MR) is 76.8 cm³/mol. The first-order chi connectivity index (χ1) is 8.61. The molecule has 0 saturated carbocycles. The standard InChI is InChI=1S/C14H14Cl2N2/c1-9-2-3-11(8-13(9)16)14(18-17)10-4-6-12(15)7-5-10/h2-8,14,18H,17H2,1H3. The number of hydrogen-bond donors (Lipinski definition) is 2. The Balaban J connectivity index is 2.38. The Kier molecular flexibility index (Phi) is 4.25. The zero-order valence-electron chi connectivity index (χ0n) is 9.95. The minimum atomic E-state index is -0.0969. The summed E-state index contributed by atoms with van der Waals surface area (Å²) in [6.45, 7) is 1.97. The molecule has 0 aliphatic heterocycles. The Morgan fingerprint density at radius 2 is 1.61 bits per heavy atom. The van der Waals surface area contributed by atoms with Crippen molar-refractivity contribution in [3.63, 3.8) is 0 Å². The molecule has 1 atom stereocenters. The molecule has 2 aromatic carbocycles. The second-order valence-electron chi connectivity index (χ2n) is 4.16. The van der Waals surface area contributed by atoms with Gasteiger partial charge in [-0.25, -0.2) is 5.43 Å². The first-order valence-corrected chi connectivity index (χ1v) is 6.35. The summed E-state index contributed by atoms with van der Waals surface area (Å²) in [4.78, 5) is 0. The zero-order chi connectivity index (χ0) is 13.1. The molecule has 3 N–H and O–H groups in total. The lowest BCUT2D eigenvalue weighted by Crippen LogP contribution is -2.28. The number of rotatable bonds is 3. The summed E-state index contributed by atoms with van der Waals surface area (Å²) in [5, 5.41) is 1.44. The second kappa shape index (κ2) is 5.72. The van der Waals surface area contributed by atoms with E-state index in [9.17, 15) is 0 Å². The molecule has 4 heteroatoms. The van der Waals surface area contributed by atoms with Gasteiger partial charge < -0.3 is 0 Å². The van der Waals surface area contributed by atoms with E-state index in [4.69, 9.17) is 29.0 Å². The van der Waals surface area contributed by atoms with Crippen LogP contribution in [0.1, 0.15) is 22.7 Å². The average molecular weight is 281 g/mol. The van der Waals surface area contributed by atoms with Crippen LogP contribution in [-0.4, -0.2) is 0 Å². The van der Waals surface area contributed by atoms with Crippen LogP contribution in [-0.2, 0) is 0 Å². The molecule has 2 aromatic rings. The van der Waals surface area contributed by atoms with Crippen molar-refractivity contribution in [2.45, 2.75) is 13.0 Å². The van der Waals surface area contributed by atoms with Gasteiger partial charge in [-0.2, -0.15) is 0 Å². The van der Waals surface area contributed by atoms with Crippen molar-refractivity contribution in [3.05, 3.63) is 69.2 Å². The highest BCUT2D eigenvalue weighted by atomic mass is 35.5. The highest BCUT2D eigenvalue weighted by molar-refractivity contribution is 6.31. The predicted octanol–water partition coefficient (Wildman–Crippen LogP) is 3.85. The summed E-state index contributed by atoms with van der Waals surface area (Å²) in [6, 6.07) is 13.4. The van der Waals surface area contributed by atoms with Gasteiger partial charge in [-0.05, 0) is 41.8 Å². The van der Waals surface area contributed by atoms with Gasteiger partial charge in [0, 0.05) is 10.0 Å². The van der Waals surface area contributed by atoms with Crippen LogP contribution < -0.4 is 11.3 Å². The van der Waals surface area contributed by atoms with E-state index in [0.717, 1.165) is 21.7 Å². The third-order valence-electron chi connectivity index (χ3n) is 2.90. The molecule has 0 heterocycles. The van der Waals surface area contributed by atoms with Gasteiger partial charge in [-0.1, -0.05) is 47.5 Å². The molecule has 0 saturated heterocycles. The van der Waals surface area contributed by atoms with Crippen molar-refractivity contribution in [1.29, 1.82) is 0 Å². The first-order valence-electron chi connectivity index (χ1n) is 5.59. The topological polar surface area (TPSA) is 38.0 Å². The van der Waals surface area contributed by atoms with Crippen LogP contribution in [0.5, 0.6) is 0 Å². The molecule has 2 nitrogen and oxygen atoms in total. The van der Waals surface area contributed by atoms with Crippen LogP contribution in [0, 0.1) is 6.92 Å². The molecule has 0 aliphatic rings. The molecule has 18 heavy (non-hydrogen) atoms. The summed E-state index contributed by atoms with van der Waals surface area (Å²) >= 11 is 12.0. The third-order valence-corrected chi connectivity index (χ3v) is 3.56. The van der Waals surface area contributed by atoms with Crippen molar-refractivity contribution in [3.8, 4) is 0 Å². The highest BCUT2D eigenvalue weighted by Crippen LogP contribution is 2.26. The monoisotopic (exact) mass is 280 g/mol. The van der Waals surface area contributed by atoms with Crippen molar-refractivity contribution < 1.29 is 0 Å². The molecule has 0 aliphatic carbocycles. The third kappa shape index (κ3) is 2.85. The first kappa shape index (κ1) is 13.4. The van der Waals surface area contributed by atoms with Gasteiger partial charge in [0.25, 0.3) is 0 Å². The van der Waals surface area contributed by atoms with Crippen molar-refractivity contribution in [2.75, 3.05) is 0 Å². The maximum atomic E-state index is 6.14. The number of halogens is 2. The summed E-state index contributed by atoms with van der Waals surface area (Å²) in [7, 11) is 0. The largest absolute Gasteiger partial charge is 0.271 e. The maximum Gasteiger partial charge on any atom is 0.0710 e. The quantitative estimate of drug-likeness (QED) is 0.662. The van der Waals surface area contributed by atoms with Gasteiger partial charge in [-0.15, -0.1) is 0 Å². The van der Waals surface area contributed by atoms with Crippen LogP contribution in [0.2, 0.25) is 10.0 Å². The van der Waals surface area contributed by atoms with Gasteiger partial charge in [0.1, 0.15) is 0 Å². The highest BCUT2D eigenvalue weighted by Gasteiger charge is 2.13. The van der Waals surface area contributed by atoms with E-state index in [1.807, 2.05) is 49.4 Å². The second-order valence-corrected chi connectivity index (χ2v) is 5.00. The minimum Gasteiger partial charge on any atom is -0.271 e. The number of hydrogen-bond acceptors (Lipinski definition) is 2. The molecular formula is C14H14Cl2N2. The molecule has 94 valence electrons. The number of nitrogens with one attached hydrogen (secondary N) is 1. The Labute approximate surface area is 117 Å². The molecule has 0 fully saturated rings. The lowest BCUT2D eigenvalue weighted by atomic mass is 9.98. The molecule has 0 aromatic heterocycles. The minimum absolute atomic E-state index is 0.0969. The van der Waals surface area contributed by atoms with E-state index in [-0.39, 0.29) is 6.04 Å². The van der Waals surface area contributed by atoms with Gasteiger partial charge in [0.05, 0.1) is 6.04 Å². The van der Waals surface area contributed by atoms with Crippen molar-refractivity contribution in [1.82, 2.24) is 5.43 Å². The molecule has 0 bridgehead atoms. The number of aryl methyl sites for hydroxylation is 1. The van der Waals surface area contributed by atoms with E-state index in [0.29, 0.717) is 5.02 Å². The maximum absolute atomic E-state index is 6.14. The molecule has 1 unspecified atom stereocenters. The number of hydrazine groups is 1. The Hall–Kier alpha value is -1.06. The summed E-state index contributed by atoms with van der Waals surface area (Å²) in [5.74, 6) is 5.64. The van der Waals surface area contributed by atoms with Crippen molar-refractivity contribution in [2.24, 2.45) is 5.84 Å². The van der Waals surface area contributed by atoms with Crippen LogP contribution in [0.25, 0.3) is 0 Å². The molecular weight excluding hydrogens is 267 g/mol. The summed E-state index contributed by atoms with van der Waals surface area (Å²) in [5.41, 5.74) is 5.91. The van der Waals surface area contributed by atoms with Gasteiger partial charge in [0.2, 0.25) is 0 Å². The lowest BCUT2D eigenvalue weighted by molar-refractivity contribution is 0.637. The number of nitrogens with two attached hydrogens (primary N) is 1. The Bertz CT molecular complexity index is 538. The summed E-state index contributed by atoms with van der Waals surface area (Å²) in [6.07, 6.45) is 0.